The van der Waals surface area contributed by atoms with Gasteiger partial charge in [0.05, 0.1) is 6.54 Å². The second-order valence-corrected chi connectivity index (χ2v) is 4.37. The van der Waals surface area contributed by atoms with Gasteiger partial charge < -0.3 is 15.7 Å². The molecule has 4 heteroatoms. The molecule has 0 saturated heterocycles. The molecule has 3 N–H and O–H groups in total. The minimum atomic E-state index is 0.265. The smallest absolute Gasteiger partial charge is 0.130 e. The van der Waals surface area contributed by atoms with Crippen LogP contribution < -0.4 is 10.6 Å². The molecule has 0 spiro atoms. The summed E-state index contributed by atoms with van der Waals surface area (Å²) in [5.41, 5.74) is 3.00. The summed E-state index contributed by atoms with van der Waals surface area (Å²) in [7, 11) is 0. The zero-order valence-corrected chi connectivity index (χ0v) is 10.4. The van der Waals surface area contributed by atoms with Crippen LogP contribution in [0.5, 0.6) is 5.75 Å². The van der Waals surface area contributed by atoms with Crippen molar-refractivity contribution in [1.29, 1.82) is 0 Å². The molecule has 2 aromatic carbocycles. The molecular weight excluding hydrogens is 238 g/mol. The second-order valence-electron chi connectivity index (χ2n) is 4.37. The molecule has 1 aliphatic rings. The Morgan fingerprint density at radius 3 is 2.58 bits per heavy atom. The number of phenolic OH excluding ortho intramolecular Hbond substituents is 1. The first kappa shape index (κ1) is 11.6. The van der Waals surface area contributed by atoms with E-state index in [9.17, 15) is 5.11 Å². The van der Waals surface area contributed by atoms with E-state index in [0.29, 0.717) is 0 Å². The predicted molar refractivity (Wildman–Crippen MR) is 77.2 cm³/mol. The zero-order chi connectivity index (χ0) is 13.1. The first-order chi connectivity index (χ1) is 9.33. The molecule has 2 aromatic rings. The highest BCUT2D eigenvalue weighted by atomic mass is 16.3. The van der Waals surface area contributed by atoms with Gasteiger partial charge in [0.25, 0.3) is 0 Å². The molecule has 0 aliphatic carbocycles. The molecule has 1 heterocycles. The summed E-state index contributed by atoms with van der Waals surface area (Å²) < 4.78 is 0. The van der Waals surface area contributed by atoms with E-state index in [1.165, 1.54) is 0 Å². The van der Waals surface area contributed by atoms with Crippen LogP contribution in [0.2, 0.25) is 0 Å². The quantitative estimate of drug-likeness (QED) is 0.737. The van der Waals surface area contributed by atoms with Crippen molar-refractivity contribution >= 4 is 17.2 Å². The van der Waals surface area contributed by atoms with E-state index in [1.54, 1.807) is 12.1 Å². The van der Waals surface area contributed by atoms with Crippen LogP contribution in [-0.2, 0) is 0 Å². The first-order valence-electron chi connectivity index (χ1n) is 6.27. The number of aromatic hydroxyl groups is 1. The van der Waals surface area contributed by atoms with Gasteiger partial charge in [-0.15, -0.1) is 0 Å². The van der Waals surface area contributed by atoms with Crippen LogP contribution in [0.3, 0.4) is 0 Å². The van der Waals surface area contributed by atoms with Gasteiger partial charge in [-0.25, -0.2) is 0 Å². The average Bonchev–Trinajstić information content (AvgIpc) is 2.96. The average molecular weight is 253 g/mol. The zero-order valence-electron chi connectivity index (χ0n) is 10.4. The van der Waals surface area contributed by atoms with Crippen LogP contribution in [0, 0.1) is 0 Å². The maximum Gasteiger partial charge on any atom is 0.130 e. The van der Waals surface area contributed by atoms with Crippen molar-refractivity contribution in [3.05, 3.63) is 54.1 Å². The number of hydrogen-bond donors (Lipinski definition) is 3. The number of amidine groups is 1. The van der Waals surface area contributed by atoms with Crippen molar-refractivity contribution in [1.82, 2.24) is 5.32 Å². The summed E-state index contributed by atoms with van der Waals surface area (Å²) in [6.45, 7) is 1.71. The number of hydrogen-bond acceptors (Lipinski definition) is 4. The Labute approximate surface area is 111 Å². The van der Waals surface area contributed by atoms with Crippen LogP contribution >= 0.6 is 0 Å². The van der Waals surface area contributed by atoms with E-state index in [2.05, 4.69) is 15.6 Å². The number of para-hydroxylation sites is 1. The normalized spacial score (nSPS) is 13.8. The number of benzene rings is 2. The topological polar surface area (TPSA) is 56.6 Å². The van der Waals surface area contributed by atoms with E-state index < -0.39 is 0 Å². The van der Waals surface area contributed by atoms with Crippen molar-refractivity contribution < 1.29 is 5.11 Å². The molecule has 0 unspecified atom stereocenters. The van der Waals surface area contributed by atoms with E-state index >= 15 is 0 Å². The SMILES string of the molecule is Oc1ccc(Nc2ccccc2C2=NCCN2)cc1. The molecule has 96 valence electrons. The number of phenols is 1. The fourth-order valence-corrected chi connectivity index (χ4v) is 2.08. The fourth-order valence-electron chi connectivity index (χ4n) is 2.08. The van der Waals surface area contributed by atoms with Gasteiger partial charge in [0.15, 0.2) is 0 Å². The number of nitrogens with one attached hydrogen (secondary N) is 2. The molecule has 0 amide bonds. The Bertz CT molecular complexity index is 605. The predicted octanol–water partition coefficient (Wildman–Crippen LogP) is 2.49. The summed E-state index contributed by atoms with van der Waals surface area (Å²) in [4.78, 5) is 4.45. The highest BCUT2D eigenvalue weighted by Crippen LogP contribution is 2.23. The lowest BCUT2D eigenvalue weighted by atomic mass is 10.1. The first-order valence-corrected chi connectivity index (χ1v) is 6.27. The third-order valence-electron chi connectivity index (χ3n) is 3.00. The molecule has 3 rings (SSSR count). The Morgan fingerprint density at radius 1 is 1.05 bits per heavy atom. The van der Waals surface area contributed by atoms with Crippen LogP contribution in [0.1, 0.15) is 5.56 Å². The summed E-state index contributed by atoms with van der Waals surface area (Å²) >= 11 is 0. The summed E-state index contributed by atoms with van der Waals surface area (Å²) in [6, 6.07) is 15.1. The highest BCUT2D eigenvalue weighted by Gasteiger charge is 2.11. The third-order valence-corrected chi connectivity index (χ3v) is 3.00. The minimum absolute atomic E-state index is 0.265. The minimum Gasteiger partial charge on any atom is -0.508 e. The van der Waals surface area contributed by atoms with Crippen molar-refractivity contribution in [2.75, 3.05) is 18.4 Å². The van der Waals surface area contributed by atoms with Gasteiger partial charge in [-0.2, -0.15) is 0 Å². The van der Waals surface area contributed by atoms with Crippen molar-refractivity contribution in [2.24, 2.45) is 4.99 Å². The van der Waals surface area contributed by atoms with Crippen LogP contribution in [0.25, 0.3) is 0 Å². The molecule has 4 nitrogen and oxygen atoms in total. The maximum absolute atomic E-state index is 9.29. The lowest BCUT2D eigenvalue weighted by Crippen LogP contribution is -2.20. The summed E-state index contributed by atoms with van der Waals surface area (Å²) in [5.74, 6) is 1.20. The lowest BCUT2D eigenvalue weighted by molar-refractivity contribution is 0.475. The van der Waals surface area contributed by atoms with Gasteiger partial charge in [-0.3, -0.25) is 4.99 Å². The number of nitrogens with zero attached hydrogens (tertiary/aromatic N) is 1. The molecule has 1 aliphatic heterocycles. The molecule has 0 radical (unpaired) electrons. The number of anilines is 2. The Balaban J connectivity index is 1.90. The summed E-state index contributed by atoms with van der Waals surface area (Å²) in [5, 5.41) is 15.9. The molecule has 0 fully saturated rings. The Hall–Kier alpha value is -2.49. The lowest BCUT2D eigenvalue weighted by Gasteiger charge is -2.12. The van der Waals surface area contributed by atoms with Crippen LogP contribution in [0.4, 0.5) is 11.4 Å². The van der Waals surface area contributed by atoms with Crippen LogP contribution in [-0.4, -0.2) is 24.0 Å². The maximum atomic E-state index is 9.29. The van der Waals surface area contributed by atoms with Crippen LogP contribution in [0.15, 0.2) is 53.5 Å². The van der Waals surface area contributed by atoms with E-state index in [-0.39, 0.29) is 5.75 Å². The van der Waals surface area contributed by atoms with Gasteiger partial charge >= 0.3 is 0 Å². The Kier molecular flexibility index (Phi) is 3.06. The summed E-state index contributed by atoms with van der Waals surface area (Å²) in [6.07, 6.45) is 0. The second kappa shape index (κ2) is 5.02. The third kappa shape index (κ3) is 2.52. The van der Waals surface area contributed by atoms with Gasteiger partial charge in [-0.05, 0) is 36.4 Å². The van der Waals surface area contributed by atoms with Crippen molar-refractivity contribution in [3.63, 3.8) is 0 Å². The van der Waals surface area contributed by atoms with Gasteiger partial charge in [0.1, 0.15) is 11.6 Å². The molecule has 0 saturated carbocycles. The van der Waals surface area contributed by atoms with Crippen molar-refractivity contribution in [2.45, 2.75) is 0 Å². The van der Waals surface area contributed by atoms with E-state index in [4.69, 9.17) is 0 Å². The molecular formula is C15H15N3O. The fraction of sp³-hybridized carbons (Fsp3) is 0.133. The largest absolute Gasteiger partial charge is 0.508 e. The Morgan fingerprint density at radius 2 is 1.84 bits per heavy atom. The molecule has 0 atom stereocenters. The van der Waals surface area contributed by atoms with E-state index in [0.717, 1.165) is 35.9 Å². The van der Waals surface area contributed by atoms with E-state index in [1.807, 2.05) is 36.4 Å². The molecule has 0 aromatic heterocycles. The highest BCUT2D eigenvalue weighted by molar-refractivity contribution is 6.04. The van der Waals surface area contributed by atoms with Gasteiger partial charge in [0, 0.05) is 23.5 Å². The number of aliphatic imine (C=N–C) groups is 1. The standard InChI is InChI=1S/C15H15N3O/c19-12-7-5-11(6-8-12)18-14-4-2-1-3-13(14)15-16-9-10-17-15/h1-8,18-19H,9-10H2,(H,16,17). The molecule has 0 bridgehead atoms. The molecule has 19 heavy (non-hydrogen) atoms. The van der Waals surface area contributed by atoms with Gasteiger partial charge in [0.2, 0.25) is 0 Å². The van der Waals surface area contributed by atoms with Gasteiger partial charge in [-0.1, -0.05) is 12.1 Å². The van der Waals surface area contributed by atoms with Crippen molar-refractivity contribution in [3.8, 4) is 5.75 Å². The number of rotatable bonds is 3. The monoisotopic (exact) mass is 253 g/mol.